The predicted molar refractivity (Wildman–Crippen MR) is 105 cm³/mol. The third-order valence-corrected chi connectivity index (χ3v) is 5.09. The lowest BCUT2D eigenvalue weighted by Gasteiger charge is -2.38. The van der Waals surface area contributed by atoms with Crippen molar-refractivity contribution >= 4 is 17.5 Å². The molecule has 2 heterocycles. The van der Waals surface area contributed by atoms with Crippen molar-refractivity contribution in [2.45, 2.75) is 26.1 Å². The standard InChI is InChI=1S/C21H24F3N3O3/c1-14(2)18(25-19(28)17-7-4-12-30-17)20(29)27-10-8-26(9-11-27)16-6-3-5-15(13-16)21(22,23)24/h3-7,12-14,18H,8-11H2,1-2H3,(H,25,28). The van der Waals surface area contributed by atoms with E-state index in [2.05, 4.69) is 5.32 Å². The molecule has 6 nitrogen and oxygen atoms in total. The monoisotopic (exact) mass is 423 g/mol. The number of nitrogens with zero attached hydrogens (tertiary/aromatic N) is 2. The minimum Gasteiger partial charge on any atom is -0.459 e. The van der Waals surface area contributed by atoms with Gasteiger partial charge in [0.05, 0.1) is 11.8 Å². The maximum Gasteiger partial charge on any atom is 0.416 e. The number of nitrogens with one attached hydrogen (secondary N) is 1. The Morgan fingerprint density at radius 2 is 1.77 bits per heavy atom. The minimum atomic E-state index is -4.40. The molecule has 3 rings (SSSR count). The first-order valence-electron chi connectivity index (χ1n) is 9.72. The Bertz CT molecular complexity index is 873. The molecule has 1 aromatic carbocycles. The number of hydrogen-bond donors (Lipinski definition) is 1. The van der Waals surface area contributed by atoms with Gasteiger partial charge >= 0.3 is 6.18 Å². The Morgan fingerprint density at radius 1 is 1.07 bits per heavy atom. The van der Waals surface area contributed by atoms with E-state index in [0.717, 1.165) is 12.1 Å². The second kappa shape index (κ2) is 8.81. The van der Waals surface area contributed by atoms with Crippen LogP contribution in [0.1, 0.15) is 30.0 Å². The van der Waals surface area contributed by atoms with Gasteiger partial charge in [0.15, 0.2) is 5.76 Å². The Morgan fingerprint density at radius 3 is 2.33 bits per heavy atom. The molecule has 0 bridgehead atoms. The molecule has 1 atom stereocenters. The lowest BCUT2D eigenvalue weighted by atomic mass is 10.0. The van der Waals surface area contributed by atoms with Gasteiger partial charge in [-0.25, -0.2) is 0 Å². The topological polar surface area (TPSA) is 65.8 Å². The van der Waals surface area contributed by atoms with E-state index in [4.69, 9.17) is 4.42 Å². The molecule has 2 aromatic rings. The zero-order chi connectivity index (χ0) is 21.9. The highest BCUT2D eigenvalue weighted by atomic mass is 19.4. The van der Waals surface area contributed by atoms with Gasteiger partial charge in [-0.3, -0.25) is 9.59 Å². The second-order valence-corrected chi connectivity index (χ2v) is 7.53. The van der Waals surface area contributed by atoms with Crippen molar-refractivity contribution in [2.24, 2.45) is 5.92 Å². The van der Waals surface area contributed by atoms with E-state index in [1.807, 2.05) is 18.7 Å². The van der Waals surface area contributed by atoms with Crippen LogP contribution in [0.5, 0.6) is 0 Å². The summed E-state index contributed by atoms with van der Waals surface area (Å²) in [4.78, 5) is 28.7. The number of furan rings is 1. The molecule has 1 aliphatic rings. The first kappa shape index (κ1) is 21.7. The van der Waals surface area contributed by atoms with Gasteiger partial charge in [0.2, 0.25) is 5.91 Å². The number of anilines is 1. The van der Waals surface area contributed by atoms with Crippen molar-refractivity contribution in [3.63, 3.8) is 0 Å². The Labute approximate surface area is 172 Å². The lowest BCUT2D eigenvalue weighted by molar-refractivity contribution is -0.137. The van der Waals surface area contributed by atoms with Crippen LogP contribution in [-0.2, 0) is 11.0 Å². The third kappa shape index (κ3) is 4.95. The van der Waals surface area contributed by atoms with Gasteiger partial charge in [-0.2, -0.15) is 13.2 Å². The molecular weight excluding hydrogens is 399 g/mol. The molecule has 0 aliphatic carbocycles. The third-order valence-electron chi connectivity index (χ3n) is 5.09. The fourth-order valence-corrected chi connectivity index (χ4v) is 3.39. The van der Waals surface area contributed by atoms with Gasteiger partial charge in [-0.1, -0.05) is 19.9 Å². The molecule has 9 heteroatoms. The SMILES string of the molecule is CC(C)C(NC(=O)c1ccco1)C(=O)N1CCN(c2cccc(C(F)(F)F)c2)CC1. The lowest BCUT2D eigenvalue weighted by Crippen LogP contribution is -2.56. The molecule has 1 aromatic heterocycles. The number of piperazine rings is 1. The number of alkyl halides is 3. The number of carbonyl (C=O) groups excluding carboxylic acids is 2. The maximum atomic E-state index is 13.0. The number of amides is 2. The molecule has 1 saturated heterocycles. The zero-order valence-electron chi connectivity index (χ0n) is 16.8. The van der Waals surface area contributed by atoms with Crippen LogP contribution in [-0.4, -0.2) is 48.9 Å². The van der Waals surface area contributed by atoms with E-state index in [0.29, 0.717) is 31.9 Å². The van der Waals surface area contributed by atoms with Crippen molar-refractivity contribution in [3.05, 3.63) is 54.0 Å². The molecule has 0 saturated carbocycles. The van der Waals surface area contributed by atoms with Crippen molar-refractivity contribution in [3.8, 4) is 0 Å². The first-order chi connectivity index (χ1) is 14.2. The summed E-state index contributed by atoms with van der Waals surface area (Å²) in [6, 6.07) is 7.57. The van der Waals surface area contributed by atoms with E-state index in [-0.39, 0.29) is 17.6 Å². The zero-order valence-corrected chi connectivity index (χ0v) is 16.8. The molecule has 30 heavy (non-hydrogen) atoms. The quantitative estimate of drug-likeness (QED) is 0.801. The fourth-order valence-electron chi connectivity index (χ4n) is 3.39. The number of rotatable bonds is 5. The fraction of sp³-hybridized carbons (Fsp3) is 0.429. The van der Waals surface area contributed by atoms with Crippen molar-refractivity contribution in [1.29, 1.82) is 0 Å². The first-order valence-corrected chi connectivity index (χ1v) is 9.72. The Balaban J connectivity index is 1.63. The number of halogens is 3. The maximum absolute atomic E-state index is 13.0. The molecule has 1 aliphatic heterocycles. The van der Waals surface area contributed by atoms with Gasteiger partial charge in [-0.15, -0.1) is 0 Å². The molecular formula is C21H24F3N3O3. The van der Waals surface area contributed by atoms with Crippen molar-refractivity contribution in [2.75, 3.05) is 31.1 Å². The summed E-state index contributed by atoms with van der Waals surface area (Å²) in [5.74, 6) is -0.691. The summed E-state index contributed by atoms with van der Waals surface area (Å²) in [6.07, 6.45) is -3.02. The average molecular weight is 423 g/mol. The van der Waals surface area contributed by atoms with Gasteiger partial charge in [-0.05, 0) is 36.2 Å². The van der Waals surface area contributed by atoms with Crippen LogP contribution >= 0.6 is 0 Å². The second-order valence-electron chi connectivity index (χ2n) is 7.53. The van der Waals surface area contributed by atoms with Gasteiger partial charge in [0.1, 0.15) is 6.04 Å². The Kier molecular flexibility index (Phi) is 6.38. The van der Waals surface area contributed by atoms with E-state index in [1.54, 1.807) is 17.0 Å². The molecule has 1 unspecified atom stereocenters. The van der Waals surface area contributed by atoms with E-state index in [1.165, 1.54) is 18.4 Å². The summed E-state index contributed by atoms with van der Waals surface area (Å²) < 4.78 is 44.0. The van der Waals surface area contributed by atoms with Crippen LogP contribution in [0.4, 0.5) is 18.9 Å². The van der Waals surface area contributed by atoms with E-state index >= 15 is 0 Å². The molecule has 1 N–H and O–H groups in total. The van der Waals surface area contributed by atoms with E-state index < -0.39 is 23.7 Å². The largest absolute Gasteiger partial charge is 0.459 e. The summed E-state index contributed by atoms with van der Waals surface area (Å²) in [6.45, 7) is 5.20. The average Bonchev–Trinajstić information content (AvgIpc) is 3.26. The van der Waals surface area contributed by atoms with Crippen molar-refractivity contribution < 1.29 is 27.2 Å². The van der Waals surface area contributed by atoms with Crippen LogP contribution in [0, 0.1) is 5.92 Å². The van der Waals surface area contributed by atoms with Crippen LogP contribution < -0.4 is 10.2 Å². The highest BCUT2D eigenvalue weighted by molar-refractivity contribution is 5.95. The van der Waals surface area contributed by atoms with Crippen LogP contribution in [0.15, 0.2) is 47.1 Å². The summed E-state index contributed by atoms with van der Waals surface area (Å²) >= 11 is 0. The molecule has 162 valence electrons. The minimum absolute atomic E-state index is 0.128. The highest BCUT2D eigenvalue weighted by Gasteiger charge is 2.33. The highest BCUT2D eigenvalue weighted by Crippen LogP contribution is 2.32. The van der Waals surface area contributed by atoms with Gasteiger partial charge in [0, 0.05) is 31.9 Å². The smallest absolute Gasteiger partial charge is 0.416 e. The van der Waals surface area contributed by atoms with Crippen LogP contribution in [0.3, 0.4) is 0 Å². The van der Waals surface area contributed by atoms with Crippen LogP contribution in [0.25, 0.3) is 0 Å². The number of carbonyl (C=O) groups is 2. The normalized spacial score (nSPS) is 15.9. The van der Waals surface area contributed by atoms with Gasteiger partial charge in [0.25, 0.3) is 5.91 Å². The molecule has 2 amide bonds. The summed E-state index contributed by atoms with van der Waals surface area (Å²) in [5.41, 5.74) is -0.220. The number of benzene rings is 1. The van der Waals surface area contributed by atoms with Gasteiger partial charge < -0.3 is 19.5 Å². The molecule has 1 fully saturated rings. The van der Waals surface area contributed by atoms with Crippen LogP contribution in [0.2, 0.25) is 0 Å². The molecule has 0 spiro atoms. The summed E-state index contributed by atoms with van der Waals surface area (Å²) in [7, 11) is 0. The van der Waals surface area contributed by atoms with Crippen molar-refractivity contribution in [1.82, 2.24) is 10.2 Å². The Hall–Kier alpha value is -2.97. The molecule has 0 radical (unpaired) electrons. The summed E-state index contributed by atoms with van der Waals surface area (Å²) in [5, 5.41) is 2.72. The van der Waals surface area contributed by atoms with E-state index in [9.17, 15) is 22.8 Å². The number of hydrogen-bond acceptors (Lipinski definition) is 4. The predicted octanol–water partition coefficient (Wildman–Crippen LogP) is 3.40.